The number of esters is 2. The molecule has 3 atom stereocenters. The number of phosphoric ester groups is 1. The third kappa shape index (κ3) is 39.5. The Morgan fingerprint density at radius 3 is 1.64 bits per heavy atom. The van der Waals surface area contributed by atoms with E-state index in [9.17, 15) is 23.8 Å². The minimum absolute atomic E-state index is 0.158. The molecule has 0 amide bonds. The maximum Gasteiger partial charge on any atom is 0.472 e. The molecule has 0 radical (unpaired) electrons. The molecule has 11 nitrogen and oxygen atoms in total. The van der Waals surface area contributed by atoms with E-state index in [-0.39, 0.29) is 6.42 Å². The van der Waals surface area contributed by atoms with E-state index in [2.05, 4.69) is 79.1 Å². The Morgan fingerprint density at radius 2 is 1.09 bits per heavy atom. The van der Waals surface area contributed by atoms with Gasteiger partial charge in [0.15, 0.2) is 6.10 Å². The van der Waals surface area contributed by atoms with Gasteiger partial charge in [0, 0.05) is 12.5 Å². The number of nitrogens with two attached hydrogens (primary N) is 1. The second-order valence-electron chi connectivity index (χ2n) is 14.2. The van der Waals surface area contributed by atoms with Crippen molar-refractivity contribution in [1.29, 1.82) is 0 Å². The van der Waals surface area contributed by atoms with E-state index >= 15 is 0 Å². The van der Waals surface area contributed by atoms with Crippen molar-refractivity contribution in [3.63, 3.8) is 0 Å². The molecule has 0 fully saturated rings. The Bertz CT molecular complexity index is 1300. The number of carbonyl (C=O) groups excluding carboxylic acids is 2. The van der Waals surface area contributed by atoms with Gasteiger partial charge in [0.25, 0.3) is 0 Å². The SMILES string of the molecule is CC/C=C/C/C=C/C/C=C/C/C=C/C/C=C/CCCCCC(=O)OC[C@H](COP(=O)(O)OC[C@H](N)C(=O)O)OC(=O)/C=C/C=C/CCCCCCCCCCCCC. The molecule has 330 valence electrons. The first-order chi connectivity index (χ1) is 28.1. The maximum absolute atomic E-state index is 12.5. The molecule has 12 heteroatoms. The fourth-order valence-corrected chi connectivity index (χ4v) is 6.13. The molecule has 0 aliphatic heterocycles. The number of phosphoric acid groups is 1. The quantitative estimate of drug-likeness (QED) is 0.0134. The lowest BCUT2D eigenvalue weighted by Crippen LogP contribution is -2.34. The van der Waals surface area contributed by atoms with Gasteiger partial charge in [0.2, 0.25) is 0 Å². The summed E-state index contributed by atoms with van der Waals surface area (Å²) in [4.78, 5) is 45.8. The topological polar surface area (TPSA) is 172 Å². The number of unbranched alkanes of at least 4 members (excludes halogenated alkanes) is 14. The molecule has 4 N–H and O–H groups in total. The lowest BCUT2D eigenvalue weighted by Gasteiger charge is -2.19. The van der Waals surface area contributed by atoms with Gasteiger partial charge in [-0.25, -0.2) is 9.36 Å². The van der Waals surface area contributed by atoms with Crippen LogP contribution in [0.15, 0.2) is 85.1 Å². The highest BCUT2D eigenvalue weighted by Crippen LogP contribution is 2.43. The van der Waals surface area contributed by atoms with Gasteiger partial charge in [-0.2, -0.15) is 0 Å². The number of hydrogen-bond acceptors (Lipinski definition) is 9. The molecule has 0 aliphatic carbocycles. The van der Waals surface area contributed by atoms with Crippen LogP contribution < -0.4 is 5.73 Å². The molecule has 1 unspecified atom stereocenters. The van der Waals surface area contributed by atoms with Crippen LogP contribution in [0.3, 0.4) is 0 Å². The highest BCUT2D eigenvalue weighted by atomic mass is 31.2. The average Bonchev–Trinajstić information content (AvgIpc) is 3.20. The van der Waals surface area contributed by atoms with Crippen LogP contribution in [0.5, 0.6) is 0 Å². The zero-order valence-corrected chi connectivity index (χ0v) is 36.5. The molecular formula is C46H76NO10P. The van der Waals surface area contributed by atoms with Gasteiger partial charge >= 0.3 is 25.7 Å². The number of ether oxygens (including phenoxy) is 2. The summed E-state index contributed by atoms with van der Waals surface area (Å²) < 4.78 is 32.4. The molecular weight excluding hydrogens is 757 g/mol. The van der Waals surface area contributed by atoms with E-state index < -0.39 is 57.7 Å². The lowest BCUT2D eigenvalue weighted by molar-refractivity contribution is -0.157. The van der Waals surface area contributed by atoms with E-state index in [0.29, 0.717) is 6.42 Å². The van der Waals surface area contributed by atoms with Gasteiger partial charge in [0.05, 0.1) is 13.2 Å². The van der Waals surface area contributed by atoms with Crippen LogP contribution in [-0.2, 0) is 37.5 Å². The number of carbonyl (C=O) groups is 3. The van der Waals surface area contributed by atoms with Crippen molar-refractivity contribution in [3.05, 3.63) is 85.1 Å². The number of aliphatic carboxylic acids is 1. The molecule has 0 saturated carbocycles. The molecule has 0 aromatic heterocycles. The van der Waals surface area contributed by atoms with Gasteiger partial charge in [-0.1, -0.05) is 163 Å². The number of hydrogen-bond donors (Lipinski definition) is 3. The first kappa shape index (κ1) is 54.7. The number of rotatable bonds is 39. The van der Waals surface area contributed by atoms with Gasteiger partial charge in [-0.15, -0.1) is 0 Å². The molecule has 0 saturated heterocycles. The minimum Gasteiger partial charge on any atom is -0.480 e. The van der Waals surface area contributed by atoms with E-state index in [0.717, 1.165) is 70.6 Å². The molecule has 0 aromatic rings. The maximum atomic E-state index is 12.5. The van der Waals surface area contributed by atoms with E-state index in [1.807, 2.05) is 6.08 Å². The highest BCUT2D eigenvalue weighted by Gasteiger charge is 2.27. The largest absolute Gasteiger partial charge is 0.480 e. The van der Waals surface area contributed by atoms with Gasteiger partial charge < -0.3 is 25.2 Å². The molecule has 0 bridgehead atoms. The number of carboxylic acid groups (broad SMARTS) is 1. The summed E-state index contributed by atoms with van der Waals surface area (Å²) in [5, 5.41) is 8.88. The van der Waals surface area contributed by atoms with Crippen molar-refractivity contribution < 1.29 is 47.5 Å². The standard InChI is InChI=1S/C46H76NO10P/c1-3-5-7-9-11-13-15-17-19-20-21-22-24-25-27-29-31-33-35-37-44(48)54-39-42(40-55-58(52,53)56-41-43(47)46(50)51)57-45(49)38-36-34-32-30-28-26-23-18-16-14-12-10-8-6-4-2/h5,7,11,13,17,19,21-22,25,27,32,34,36,38,42-43H,3-4,6,8-10,12,14-16,18,20,23-24,26,28-31,33,35,37,39-41,47H2,1-2H3,(H,50,51)(H,52,53)/b7-5+,13-11+,19-17+,22-21+,27-25+,34-32+,38-36+/t42-,43+/m1/s1. The summed E-state index contributed by atoms with van der Waals surface area (Å²) in [6.07, 6.45) is 50.0. The lowest BCUT2D eigenvalue weighted by atomic mass is 10.1. The van der Waals surface area contributed by atoms with Crippen molar-refractivity contribution >= 4 is 25.7 Å². The Hall–Kier alpha value is -3.34. The van der Waals surface area contributed by atoms with Crippen molar-refractivity contribution in [1.82, 2.24) is 0 Å². The van der Waals surface area contributed by atoms with Crippen LogP contribution >= 0.6 is 7.82 Å². The average molecular weight is 834 g/mol. The molecule has 0 heterocycles. The summed E-state index contributed by atoms with van der Waals surface area (Å²) >= 11 is 0. The van der Waals surface area contributed by atoms with E-state index in [1.165, 1.54) is 69.9 Å². The third-order valence-corrected chi connectivity index (χ3v) is 9.68. The zero-order valence-electron chi connectivity index (χ0n) is 35.6. The van der Waals surface area contributed by atoms with Crippen molar-refractivity contribution in [2.24, 2.45) is 5.73 Å². The molecule has 0 spiro atoms. The predicted molar refractivity (Wildman–Crippen MR) is 235 cm³/mol. The van der Waals surface area contributed by atoms with Crippen LogP contribution in [0.2, 0.25) is 0 Å². The Morgan fingerprint density at radius 1 is 0.603 bits per heavy atom. The summed E-state index contributed by atoms with van der Waals surface area (Å²) in [6.45, 7) is 2.53. The van der Waals surface area contributed by atoms with Crippen molar-refractivity contribution in [2.75, 3.05) is 19.8 Å². The highest BCUT2D eigenvalue weighted by molar-refractivity contribution is 7.47. The number of carboxylic acids is 1. The summed E-state index contributed by atoms with van der Waals surface area (Å²) in [6, 6.07) is -1.54. The Kier molecular flexibility index (Phi) is 38.1. The van der Waals surface area contributed by atoms with Gasteiger partial charge in [-0.3, -0.25) is 18.6 Å². The van der Waals surface area contributed by atoms with Crippen LogP contribution in [0.1, 0.15) is 155 Å². The normalized spacial score (nSPS) is 14.6. The fraction of sp³-hybridized carbons (Fsp3) is 0.630. The van der Waals surface area contributed by atoms with E-state index in [4.69, 9.17) is 24.8 Å². The minimum atomic E-state index is -4.75. The van der Waals surface area contributed by atoms with Crippen LogP contribution in [-0.4, -0.2) is 59.9 Å². The monoisotopic (exact) mass is 834 g/mol. The van der Waals surface area contributed by atoms with Crippen LogP contribution in [0.25, 0.3) is 0 Å². The third-order valence-electron chi connectivity index (χ3n) is 8.73. The van der Waals surface area contributed by atoms with E-state index in [1.54, 1.807) is 6.08 Å². The molecule has 58 heavy (non-hydrogen) atoms. The van der Waals surface area contributed by atoms with Gasteiger partial charge in [0.1, 0.15) is 12.6 Å². The second kappa shape index (κ2) is 40.4. The zero-order chi connectivity index (χ0) is 42.8. The molecule has 0 aromatic carbocycles. The second-order valence-corrected chi connectivity index (χ2v) is 15.6. The number of allylic oxidation sites excluding steroid dienone is 13. The Balaban J connectivity index is 4.53. The Labute approximate surface area is 350 Å². The smallest absolute Gasteiger partial charge is 0.472 e. The first-order valence-corrected chi connectivity index (χ1v) is 23.1. The fourth-order valence-electron chi connectivity index (χ4n) is 5.35. The van der Waals surface area contributed by atoms with Gasteiger partial charge in [-0.05, 0) is 64.2 Å². The van der Waals surface area contributed by atoms with Crippen LogP contribution in [0, 0.1) is 0 Å². The van der Waals surface area contributed by atoms with Crippen molar-refractivity contribution in [2.45, 2.75) is 167 Å². The molecule has 0 aliphatic rings. The van der Waals surface area contributed by atoms with Crippen LogP contribution in [0.4, 0.5) is 0 Å². The summed E-state index contributed by atoms with van der Waals surface area (Å²) in [5.41, 5.74) is 5.32. The first-order valence-electron chi connectivity index (χ1n) is 21.7. The van der Waals surface area contributed by atoms with Crippen molar-refractivity contribution in [3.8, 4) is 0 Å². The molecule has 0 rings (SSSR count). The summed E-state index contributed by atoms with van der Waals surface area (Å²) in [5.74, 6) is -2.69. The summed E-state index contributed by atoms with van der Waals surface area (Å²) in [7, 11) is -4.75. The predicted octanol–water partition coefficient (Wildman–Crippen LogP) is 11.5.